The predicted molar refractivity (Wildman–Crippen MR) is 151 cm³/mol. The van der Waals surface area contributed by atoms with Crippen molar-refractivity contribution in [3.8, 4) is 5.75 Å². The molecule has 0 spiro atoms. The minimum Gasteiger partial charge on any atom is -0.496 e. The molecule has 1 saturated heterocycles. The summed E-state index contributed by atoms with van der Waals surface area (Å²) in [6.45, 7) is 8.32. The van der Waals surface area contributed by atoms with Gasteiger partial charge in [0.05, 0.1) is 49.3 Å². The van der Waals surface area contributed by atoms with E-state index in [0.29, 0.717) is 53.8 Å². The molecule has 12 nitrogen and oxygen atoms in total. The highest BCUT2D eigenvalue weighted by molar-refractivity contribution is 6.41. The Kier molecular flexibility index (Phi) is 8.01. The Morgan fingerprint density at radius 2 is 2.08 bits per heavy atom. The number of hydrogen-bond acceptors (Lipinski definition) is 9. The first kappa shape index (κ1) is 27.6. The van der Waals surface area contributed by atoms with Crippen molar-refractivity contribution in [2.75, 3.05) is 57.1 Å². The summed E-state index contributed by atoms with van der Waals surface area (Å²) in [4.78, 5) is 46.1. The lowest BCUT2D eigenvalue weighted by atomic mass is 10.1. The highest BCUT2D eigenvalue weighted by Crippen LogP contribution is 2.41. The summed E-state index contributed by atoms with van der Waals surface area (Å²) in [5.41, 5.74) is 9.88. The summed E-state index contributed by atoms with van der Waals surface area (Å²) in [6.07, 6.45) is 4.93. The molecule has 0 unspecified atom stereocenters. The van der Waals surface area contributed by atoms with Crippen LogP contribution in [0.5, 0.6) is 5.75 Å². The molecule has 2 aliphatic heterocycles. The molecule has 40 heavy (non-hydrogen) atoms. The van der Waals surface area contributed by atoms with Gasteiger partial charge in [0.1, 0.15) is 10.9 Å². The number of carbonyl (C=O) groups excluding carboxylic acids is 2. The number of rotatable bonds is 8. The van der Waals surface area contributed by atoms with Gasteiger partial charge in [-0.1, -0.05) is 11.6 Å². The summed E-state index contributed by atoms with van der Waals surface area (Å²) in [6, 6.07) is 1.68. The molecular weight excluding hydrogens is 536 g/mol. The first-order chi connectivity index (χ1) is 19.3. The Morgan fingerprint density at radius 3 is 2.83 bits per heavy atom. The van der Waals surface area contributed by atoms with Gasteiger partial charge in [0, 0.05) is 55.4 Å². The lowest BCUT2D eigenvalue weighted by Gasteiger charge is -2.26. The molecular formula is C27H31ClN8O4. The number of fused-ring (bicyclic) bond motifs is 1. The number of aromatic amines is 1. The van der Waals surface area contributed by atoms with E-state index in [-0.39, 0.29) is 35.0 Å². The van der Waals surface area contributed by atoms with E-state index in [0.717, 1.165) is 30.8 Å². The van der Waals surface area contributed by atoms with Crippen molar-refractivity contribution in [1.82, 2.24) is 30.2 Å². The minimum absolute atomic E-state index is 0.0510. The van der Waals surface area contributed by atoms with Gasteiger partial charge in [-0.3, -0.25) is 24.4 Å². The number of nitrogens with one attached hydrogen (secondary N) is 2. The number of nitrogens with zero attached hydrogens (tertiary/aromatic N) is 5. The molecule has 3 aromatic heterocycles. The van der Waals surface area contributed by atoms with Crippen LogP contribution < -0.4 is 20.7 Å². The minimum atomic E-state index is -0.344. The number of aryl methyl sites for hydroxylation is 1. The second kappa shape index (κ2) is 11.6. The van der Waals surface area contributed by atoms with E-state index in [9.17, 15) is 9.59 Å². The maximum absolute atomic E-state index is 13.7. The molecule has 5 heterocycles. The molecule has 0 saturated carbocycles. The second-order valence-electron chi connectivity index (χ2n) is 9.62. The van der Waals surface area contributed by atoms with Gasteiger partial charge in [-0.25, -0.2) is 4.98 Å². The molecule has 2 amide bonds. The number of nitrogen functional groups attached to an aromatic ring is 1. The van der Waals surface area contributed by atoms with Crippen LogP contribution in [0, 0.1) is 13.8 Å². The van der Waals surface area contributed by atoms with Gasteiger partial charge >= 0.3 is 0 Å². The number of amides is 2. The summed E-state index contributed by atoms with van der Waals surface area (Å²) < 4.78 is 10.9. The Balaban J connectivity index is 1.38. The summed E-state index contributed by atoms with van der Waals surface area (Å²) in [5.74, 6) is 0.392. The average molecular weight is 567 g/mol. The molecule has 3 aromatic rings. The van der Waals surface area contributed by atoms with Crippen LogP contribution >= 0.6 is 11.6 Å². The van der Waals surface area contributed by atoms with Crippen LogP contribution in [0.2, 0.25) is 5.15 Å². The zero-order chi connectivity index (χ0) is 28.4. The van der Waals surface area contributed by atoms with Crippen molar-refractivity contribution in [1.29, 1.82) is 0 Å². The zero-order valence-corrected chi connectivity index (χ0v) is 23.3. The number of methoxy groups -OCH3 is 1. The highest BCUT2D eigenvalue weighted by Gasteiger charge is 2.37. The third-order valence-electron chi connectivity index (χ3n) is 7.01. The van der Waals surface area contributed by atoms with Crippen LogP contribution in [0.25, 0.3) is 11.6 Å². The van der Waals surface area contributed by atoms with Crippen LogP contribution in [-0.4, -0.2) is 83.2 Å². The molecule has 0 aromatic carbocycles. The van der Waals surface area contributed by atoms with E-state index in [1.165, 1.54) is 4.90 Å². The van der Waals surface area contributed by atoms with Gasteiger partial charge in [0.2, 0.25) is 5.95 Å². The fourth-order valence-electron chi connectivity index (χ4n) is 4.91. The van der Waals surface area contributed by atoms with E-state index in [4.69, 9.17) is 26.8 Å². The molecule has 5 rings (SSSR count). The van der Waals surface area contributed by atoms with Crippen molar-refractivity contribution in [3.05, 3.63) is 57.3 Å². The molecule has 2 aliphatic rings. The normalized spacial score (nSPS) is 16.4. The number of halogens is 1. The Hall–Kier alpha value is -4.00. The van der Waals surface area contributed by atoms with E-state index in [1.807, 2.05) is 13.8 Å². The molecule has 210 valence electrons. The number of H-pyrrole nitrogens is 1. The lowest BCUT2D eigenvalue weighted by molar-refractivity contribution is -0.113. The van der Waals surface area contributed by atoms with Gasteiger partial charge < -0.3 is 25.5 Å². The number of nitrogens with two attached hydrogens (primary N) is 1. The lowest BCUT2D eigenvalue weighted by Crippen LogP contribution is -2.41. The summed E-state index contributed by atoms with van der Waals surface area (Å²) in [7, 11) is 1.60. The first-order valence-corrected chi connectivity index (χ1v) is 13.3. The summed E-state index contributed by atoms with van der Waals surface area (Å²) >= 11 is 6.47. The number of pyridine rings is 1. The van der Waals surface area contributed by atoms with E-state index in [1.54, 1.807) is 31.6 Å². The number of anilines is 2. The fourth-order valence-corrected chi connectivity index (χ4v) is 5.18. The average Bonchev–Trinajstić information content (AvgIpc) is 3.50. The monoisotopic (exact) mass is 566 g/mol. The number of carbonyl (C=O) groups is 2. The molecule has 0 atom stereocenters. The smallest absolute Gasteiger partial charge is 0.260 e. The van der Waals surface area contributed by atoms with Crippen molar-refractivity contribution in [2.24, 2.45) is 0 Å². The van der Waals surface area contributed by atoms with Crippen LogP contribution in [0.1, 0.15) is 38.4 Å². The van der Waals surface area contributed by atoms with Gasteiger partial charge in [-0.05, 0) is 26.0 Å². The highest BCUT2D eigenvalue weighted by atomic mass is 35.5. The second-order valence-corrected chi connectivity index (χ2v) is 9.98. The topological polar surface area (TPSA) is 152 Å². The molecule has 13 heteroatoms. The molecule has 0 radical (unpaired) electrons. The molecule has 4 N–H and O–H groups in total. The Morgan fingerprint density at radius 1 is 1.30 bits per heavy atom. The molecule has 1 fully saturated rings. The number of ether oxygens (including phenoxy) is 2. The van der Waals surface area contributed by atoms with Crippen molar-refractivity contribution >= 4 is 46.8 Å². The van der Waals surface area contributed by atoms with Crippen molar-refractivity contribution in [3.63, 3.8) is 0 Å². The Bertz CT molecular complexity index is 1480. The third-order valence-corrected chi connectivity index (χ3v) is 7.28. The van der Waals surface area contributed by atoms with Crippen LogP contribution in [0.4, 0.5) is 11.8 Å². The number of aromatic nitrogens is 4. The predicted octanol–water partition coefficient (Wildman–Crippen LogP) is 2.21. The van der Waals surface area contributed by atoms with Crippen LogP contribution in [0.15, 0.2) is 18.5 Å². The SMILES string of the molecule is COc1c(C)cnc(CN2C(=O)C(=Cc3cc(C(=O)NCCN4CCOCC4)c[nH]3)c3c(Cl)nc(N)nc32)c1C. The quantitative estimate of drug-likeness (QED) is 0.275. The van der Waals surface area contributed by atoms with Crippen molar-refractivity contribution in [2.45, 2.75) is 20.4 Å². The number of morpholine rings is 1. The van der Waals surface area contributed by atoms with Crippen LogP contribution in [-0.2, 0) is 16.1 Å². The van der Waals surface area contributed by atoms with Gasteiger partial charge in [0.25, 0.3) is 11.8 Å². The zero-order valence-electron chi connectivity index (χ0n) is 22.6. The number of hydrogen-bond donors (Lipinski definition) is 3. The van der Waals surface area contributed by atoms with Crippen molar-refractivity contribution < 1.29 is 19.1 Å². The van der Waals surface area contributed by atoms with Gasteiger partial charge in [0.15, 0.2) is 5.82 Å². The third kappa shape index (κ3) is 5.51. The standard InChI is InChI=1S/C27H31ClN8O4/c1-15-12-32-20(16(2)22(15)39-3)14-36-24-21(23(28)33-27(29)34-24)19(26(36)38)11-18-10-17(13-31-18)25(37)30-4-5-35-6-8-40-9-7-35/h10-13,31H,4-9,14H2,1-3H3,(H,30,37)(H2,29,33,34). The molecule has 0 bridgehead atoms. The summed E-state index contributed by atoms with van der Waals surface area (Å²) in [5, 5.41) is 3.00. The molecule has 0 aliphatic carbocycles. The maximum atomic E-state index is 13.7. The first-order valence-electron chi connectivity index (χ1n) is 12.9. The fraction of sp³-hybridized carbons (Fsp3) is 0.370. The maximum Gasteiger partial charge on any atom is 0.260 e. The van der Waals surface area contributed by atoms with Gasteiger partial charge in [-0.15, -0.1) is 0 Å². The van der Waals surface area contributed by atoms with E-state index in [2.05, 4.69) is 30.2 Å². The van der Waals surface area contributed by atoms with Crippen LogP contribution in [0.3, 0.4) is 0 Å². The van der Waals surface area contributed by atoms with E-state index < -0.39 is 0 Å². The van der Waals surface area contributed by atoms with Gasteiger partial charge in [-0.2, -0.15) is 4.98 Å². The largest absolute Gasteiger partial charge is 0.496 e. The Labute approximate surface area is 236 Å². The van der Waals surface area contributed by atoms with E-state index >= 15 is 0 Å².